The second-order valence-electron chi connectivity index (χ2n) is 9.82. The summed E-state index contributed by atoms with van der Waals surface area (Å²) in [6.45, 7) is 6.80. The number of ether oxygens (including phenoxy) is 1. The first-order chi connectivity index (χ1) is 18.2. The van der Waals surface area contributed by atoms with Crippen LogP contribution in [0.3, 0.4) is 0 Å². The molecule has 0 radical (unpaired) electrons. The van der Waals surface area contributed by atoms with E-state index < -0.39 is 9.84 Å². The Kier molecular flexibility index (Phi) is 8.52. The first kappa shape index (κ1) is 27.4. The summed E-state index contributed by atoms with van der Waals surface area (Å²) in [5.74, 6) is 0.00691. The van der Waals surface area contributed by atoms with Gasteiger partial charge in [0.25, 0.3) is 5.91 Å². The Morgan fingerprint density at radius 1 is 1.00 bits per heavy atom. The van der Waals surface area contributed by atoms with Gasteiger partial charge in [-0.15, -0.1) is 0 Å². The zero-order valence-corrected chi connectivity index (χ0v) is 22.8. The maximum atomic E-state index is 13.0. The maximum Gasteiger partial charge on any atom is 0.410 e. The van der Waals surface area contributed by atoms with Gasteiger partial charge in [0.15, 0.2) is 9.84 Å². The fourth-order valence-electron chi connectivity index (χ4n) is 4.79. The van der Waals surface area contributed by atoms with Crippen LogP contribution in [-0.2, 0) is 34.1 Å². The third-order valence-electron chi connectivity index (χ3n) is 6.87. The minimum absolute atomic E-state index is 0.0473. The smallest absolute Gasteiger partial charge is 0.410 e. The number of hydrogen-bond acceptors (Lipinski definition) is 5. The molecule has 2 amide bonds. The Balaban J connectivity index is 1.42. The quantitative estimate of drug-likeness (QED) is 0.423. The molecule has 0 aliphatic carbocycles. The second-order valence-corrected chi connectivity index (χ2v) is 12.1. The third kappa shape index (κ3) is 6.25. The van der Waals surface area contributed by atoms with E-state index in [1.807, 2.05) is 42.5 Å². The molecular weight excluding hydrogens is 500 g/mol. The van der Waals surface area contributed by atoms with Crippen LogP contribution in [0.15, 0.2) is 77.7 Å². The van der Waals surface area contributed by atoms with Crippen molar-refractivity contribution in [1.29, 1.82) is 0 Å². The van der Waals surface area contributed by atoms with E-state index >= 15 is 0 Å². The second kappa shape index (κ2) is 11.8. The molecule has 1 aliphatic heterocycles. The lowest BCUT2D eigenvalue weighted by Crippen LogP contribution is -2.42. The standard InChI is InChI=1S/C30H34N2O5S/c1-4-38(35,36)26-13-10-22(11-14-26)19-31-29(33)25-12-15-27-24(18-25)16-17-32(28(27)21(2)3)30(34)37-20-23-8-6-5-7-9-23/h5-15,18,21,28H,4,16-17,19-20H2,1-3H3,(H,31,33). The molecule has 1 atom stereocenters. The van der Waals surface area contributed by atoms with Gasteiger partial charge < -0.3 is 15.0 Å². The molecule has 4 rings (SSSR count). The molecule has 0 spiro atoms. The fourth-order valence-corrected chi connectivity index (χ4v) is 5.68. The molecule has 7 nitrogen and oxygen atoms in total. The number of benzene rings is 3. The number of amides is 2. The molecule has 0 saturated heterocycles. The van der Waals surface area contributed by atoms with Gasteiger partial charge in [-0.3, -0.25) is 4.79 Å². The van der Waals surface area contributed by atoms with Gasteiger partial charge in [0, 0.05) is 18.7 Å². The van der Waals surface area contributed by atoms with Crippen LogP contribution in [0.25, 0.3) is 0 Å². The predicted molar refractivity (Wildman–Crippen MR) is 146 cm³/mol. The lowest BCUT2D eigenvalue weighted by atomic mass is 9.85. The molecule has 3 aromatic rings. The van der Waals surface area contributed by atoms with E-state index in [-0.39, 0.29) is 47.8 Å². The number of fused-ring (bicyclic) bond motifs is 1. The maximum absolute atomic E-state index is 13.0. The average molecular weight is 535 g/mol. The first-order valence-electron chi connectivity index (χ1n) is 12.9. The van der Waals surface area contributed by atoms with Crippen LogP contribution in [0.4, 0.5) is 4.79 Å². The Labute approximate surface area is 224 Å². The summed E-state index contributed by atoms with van der Waals surface area (Å²) in [5.41, 5.74) is 4.40. The molecule has 1 aliphatic rings. The number of sulfone groups is 1. The van der Waals surface area contributed by atoms with Crippen molar-refractivity contribution in [1.82, 2.24) is 10.2 Å². The van der Waals surface area contributed by atoms with Crippen LogP contribution in [0, 0.1) is 5.92 Å². The van der Waals surface area contributed by atoms with Gasteiger partial charge in [-0.05, 0) is 58.9 Å². The predicted octanol–water partition coefficient (Wildman–Crippen LogP) is 5.30. The van der Waals surface area contributed by atoms with Gasteiger partial charge in [0.1, 0.15) is 6.61 Å². The summed E-state index contributed by atoms with van der Waals surface area (Å²) in [6.07, 6.45) is 0.297. The van der Waals surface area contributed by atoms with Gasteiger partial charge >= 0.3 is 6.09 Å². The van der Waals surface area contributed by atoms with Crippen LogP contribution < -0.4 is 5.32 Å². The topological polar surface area (TPSA) is 92.8 Å². The number of rotatable bonds is 8. The number of nitrogens with zero attached hydrogens (tertiary/aromatic N) is 1. The van der Waals surface area contributed by atoms with E-state index in [9.17, 15) is 18.0 Å². The van der Waals surface area contributed by atoms with E-state index in [4.69, 9.17) is 4.74 Å². The molecule has 1 unspecified atom stereocenters. The summed E-state index contributed by atoms with van der Waals surface area (Å²) >= 11 is 0. The Morgan fingerprint density at radius 2 is 1.71 bits per heavy atom. The SMILES string of the molecule is CCS(=O)(=O)c1ccc(CNC(=O)c2ccc3c(c2)CCN(C(=O)OCc2ccccc2)C3C(C)C)cc1. The van der Waals surface area contributed by atoms with Crippen molar-refractivity contribution < 1.29 is 22.7 Å². The highest BCUT2D eigenvalue weighted by molar-refractivity contribution is 7.91. The summed E-state index contributed by atoms with van der Waals surface area (Å²) in [4.78, 5) is 28.0. The molecule has 200 valence electrons. The van der Waals surface area contributed by atoms with E-state index in [0.717, 1.165) is 22.3 Å². The molecule has 3 aromatic carbocycles. The number of hydrogen-bond donors (Lipinski definition) is 1. The Morgan fingerprint density at radius 3 is 2.37 bits per heavy atom. The van der Waals surface area contributed by atoms with Crippen LogP contribution in [0.5, 0.6) is 0 Å². The van der Waals surface area contributed by atoms with Crippen molar-refractivity contribution in [3.05, 3.63) is 101 Å². The zero-order valence-electron chi connectivity index (χ0n) is 22.0. The number of carbonyl (C=O) groups is 2. The van der Waals surface area contributed by atoms with Crippen LogP contribution in [-0.4, -0.2) is 37.6 Å². The molecule has 0 fully saturated rings. The normalized spacial score (nSPS) is 15.2. The lowest BCUT2D eigenvalue weighted by molar-refractivity contribution is 0.0664. The van der Waals surface area contributed by atoms with Crippen LogP contribution >= 0.6 is 0 Å². The molecule has 8 heteroatoms. The van der Waals surface area contributed by atoms with Crippen LogP contribution in [0.1, 0.15) is 59.4 Å². The summed E-state index contributed by atoms with van der Waals surface area (Å²) in [6, 6.07) is 21.7. The van der Waals surface area contributed by atoms with Crippen molar-refractivity contribution >= 4 is 21.8 Å². The summed E-state index contributed by atoms with van der Waals surface area (Å²) in [5, 5.41) is 2.91. The number of carbonyl (C=O) groups excluding carboxylic acids is 2. The molecule has 0 bridgehead atoms. The highest BCUT2D eigenvalue weighted by Gasteiger charge is 2.34. The molecule has 1 heterocycles. The van der Waals surface area contributed by atoms with Gasteiger partial charge in [-0.1, -0.05) is 69.3 Å². The van der Waals surface area contributed by atoms with Crippen molar-refractivity contribution in [2.24, 2.45) is 5.92 Å². The van der Waals surface area contributed by atoms with E-state index in [1.54, 1.807) is 42.2 Å². The van der Waals surface area contributed by atoms with E-state index in [0.29, 0.717) is 18.5 Å². The van der Waals surface area contributed by atoms with E-state index in [2.05, 4.69) is 19.2 Å². The van der Waals surface area contributed by atoms with E-state index in [1.165, 1.54) is 0 Å². The van der Waals surface area contributed by atoms with Crippen molar-refractivity contribution in [3.63, 3.8) is 0 Å². The van der Waals surface area contributed by atoms with Crippen molar-refractivity contribution in [2.45, 2.75) is 51.3 Å². The molecular formula is C30H34N2O5S. The monoisotopic (exact) mass is 534 g/mol. The third-order valence-corrected chi connectivity index (χ3v) is 8.62. The molecule has 0 aromatic heterocycles. The van der Waals surface area contributed by atoms with Crippen LogP contribution in [0.2, 0.25) is 0 Å². The number of nitrogens with one attached hydrogen (secondary N) is 1. The molecule has 0 saturated carbocycles. The summed E-state index contributed by atoms with van der Waals surface area (Å²) < 4.78 is 29.6. The summed E-state index contributed by atoms with van der Waals surface area (Å²) in [7, 11) is -3.25. The average Bonchev–Trinajstić information content (AvgIpc) is 2.94. The lowest BCUT2D eigenvalue weighted by Gasteiger charge is -2.39. The minimum atomic E-state index is -3.25. The minimum Gasteiger partial charge on any atom is -0.445 e. The highest BCUT2D eigenvalue weighted by Crippen LogP contribution is 2.36. The Bertz CT molecular complexity index is 1390. The van der Waals surface area contributed by atoms with Crippen molar-refractivity contribution in [2.75, 3.05) is 12.3 Å². The Hall–Kier alpha value is -3.65. The molecule has 1 N–H and O–H groups in total. The van der Waals surface area contributed by atoms with Gasteiger partial charge in [0.2, 0.25) is 0 Å². The highest BCUT2D eigenvalue weighted by atomic mass is 32.2. The fraction of sp³-hybridized carbons (Fsp3) is 0.333. The van der Waals surface area contributed by atoms with Gasteiger partial charge in [-0.25, -0.2) is 13.2 Å². The van der Waals surface area contributed by atoms with Gasteiger partial charge in [-0.2, -0.15) is 0 Å². The molecule has 38 heavy (non-hydrogen) atoms. The van der Waals surface area contributed by atoms with Gasteiger partial charge in [0.05, 0.1) is 16.7 Å². The zero-order chi connectivity index (χ0) is 27.3. The largest absolute Gasteiger partial charge is 0.445 e. The van der Waals surface area contributed by atoms with Crippen molar-refractivity contribution in [3.8, 4) is 0 Å². The first-order valence-corrected chi connectivity index (χ1v) is 14.5.